The van der Waals surface area contributed by atoms with Crippen LogP contribution in [-0.4, -0.2) is 5.66 Å². The van der Waals surface area contributed by atoms with Crippen molar-refractivity contribution < 1.29 is 0 Å². The lowest BCUT2D eigenvalue weighted by molar-refractivity contribution is 0.243. The molecule has 0 spiro atoms. The van der Waals surface area contributed by atoms with Crippen molar-refractivity contribution >= 4 is 29.1 Å². The summed E-state index contributed by atoms with van der Waals surface area (Å²) in [5.74, 6) is 2.32. The number of halogens is 2. The molecule has 0 aromatic carbocycles. The molecule has 0 bridgehead atoms. The van der Waals surface area contributed by atoms with Gasteiger partial charge in [-0.3, -0.25) is 0 Å². The summed E-state index contributed by atoms with van der Waals surface area (Å²) < 4.78 is 0. The molecule has 0 amide bonds. The van der Waals surface area contributed by atoms with Crippen LogP contribution in [0, 0.1) is 17.8 Å². The van der Waals surface area contributed by atoms with Gasteiger partial charge in [0.25, 0.3) is 0 Å². The highest BCUT2D eigenvalue weighted by atomic mass is 35.9. The van der Waals surface area contributed by atoms with Gasteiger partial charge in [0.1, 0.15) is 0 Å². The van der Waals surface area contributed by atoms with Crippen LogP contribution in [0.1, 0.15) is 40.0 Å². The number of hydrogen-bond acceptors (Lipinski definition) is 0. The smallest absolute Gasteiger partial charge is 0.0778 e. The van der Waals surface area contributed by atoms with Gasteiger partial charge in [-0.05, 0) is 30.6 Å². The molecule has 78 valence electrons. The number of rotatable bonds is 2. The Bertz CT molecular complexity index is 159. The maximum Gasteiger partial charge on any atom is 0.0889 e. The third-order valence-electron chi connectivity index (χ3n) is 3.24. The Morgan fingerprint density at radius 1 is 1.23 bits per heavy atom. The largest absolute Gasteiger partial charge is 0.0889 e. The van der Waals surface area contributed by atoms with E-state index in [1.807, 2.05) is 0 Å². The second kappa shape index (κ2) is 5.19. The molecule has 1 fully saturated rings. The lowest BCUT2D eigenvalue weighted by Gasteiger charge is -2.37. The fourth-order valence-electron chi connectivity index (χ4n) is 2.38. The zero-order chi connectivity index (χ0) is 10.0. The molecule has 0 aromatic rings. The highest BCUT2D eigenvalue weighted by molar-refractivity contribution is 8.04. The van der Waals surface area contributed by atoms with Crippen molar-refractivity contribution in [2.24, 2.45) is 17.8 Å². The lowest BCUT2D eigenvalue weighted by Crippen LogP contribution is -2.29. The van der Waals surface area contributed by atoms with E-state index in [1.54, 1.807) is 0 Å². The summed E-state index contributed by atoms with van der Waals surface area (Å²) in [5.41, 5.74) is 0.585. The Balaban J connectivity index is 2.60. The van der Waals surface area contributed by atoms with E-state index < -0.39 is 6.63 Å². The maximum atomic E-state index is 6.09. The molecule has 0 saturated heterocycles. The van der Waals surface area contributed by atoms with Crippen LogP contribution in [-0.2, 0) is 0 Å². The molecule has 13 heavy (non-hydrogen) atoms. The normalized spacial score (nSPS) is 35.8. The molecule has 0 unspecified atom stereocenters. The molecular weight excluding hydrogens is 222 g/mol. The van der Waals surface area contributed by atoms with Crippen molar-refractivity contribution in [2.75, 3.05) is 0 Å². The second-order valence-electron chi connectivity index (χ2n) is 4.65. The van der Waals surface area contributed by atoms with Crippen molar-refractivity contribution in [3.8, 4) is 0 Å². The van der Waals surface area contributed by atoms with Gasteiger partial charge in [-0.2, -0.15) is 0 Å². The van der Waals surface area contributed by atoms with E-state index in [0.29, 0.717) is 5.66 Å². The molecule has 0 N–H and O–H groups in total. The average molecular weight is 241 g/mol. The highest BCUT2D eigenvalue weighted by Crippen LogP contribution is 2.59. The van der Waals surface area contributed by atoms with Gasteiger partial charge >= 0.3 is 0 Å². The van der Waals surface area contributed by atoms with Crippen LogP contribution in [0.25, 0.3) is 0 Å². The standard InChI is InChI=1S/C10H19Cl2P/c1-7(2)9-5-4-8(3)6-10(9)13(11)12/h7-10H,4-6H2,1-3H3/t8-,9+,10+/m1/s1. The van der Waals surface area contributed by atoms with E-state index in [1.165, 1.54) is 19.3 Å². The van der Waals surface area contributed by atoms with Crippen molar-refractivity contribution in [3.63, 3.8) is 0 Å². The van der Waals surface area contributed by atoms with Gasteiger partial charge in [-0.1, -0.05) is 49.7 Å². The molecule has 1 saturated carbocycles. The Morgan fingerprint density at radius 2 is 1.85 bits per heavy atom. The van der Waals surface area contributed by atoms with E-state index in [9.17, 15) is 0 Å². The van der Waals surface area contributed by atoms with Crippen LogP contribution in [0.2, 0.25) is 0 Å². The summed E-state index contributed by atoms with van der Waals surface area (Å²) in [6, 6.07) is 0. The average Bonchev–Trinajstić information content (AvgIpc) is 2.03. The highest BCUT2D eigenvalue weighted by Gasteiger charge is 2.34. The predicted octanol–water partition coefficient (Wildman–Crippen LogP) is 5.24. The SMILES string of the molecule is CC(C)[C@@H]1CC[C@@H](C)C[C@@H]1P(Cl)Cl. The topological polar surface area (TPSA) is 0 Å². The third kappa shape index (κ3) is 3.26. The molecule has 0 nitrogen and oxygen atoms in total. The molecule has 0 heterocycles. The third-order valence-corrected chi connectivity index (χ3v) is 5.84. The molecule has 1 aliphatic rings. The minimum atomic E-state index is -0.773. The van der Waals surface area contributed by atoms with Gasteiger partial charge in [0.15, 0.2) is 0 Å². The summed E-state index contributed by atoms with van der Waals surface area (Å²) in [7, 11) is 0. The first-order chi connectivity index (χ1) is 6.02. The molecule has 0 aromatic heterocycles. The molecule has 1 rings (SSSR count). The fourth-order valence-corrected chi connectivity index (χ4v) is 5.02. The summed E-state index contributed by atoms with van der Waals surface area (Å²) >= 11 is 12.2. The monoisotopic (exact) mass is 240 g/mol. The van der Waals surface area contributed by atoms with Gasteiger partial charge in [0.05, 0.1) is 6.63 Å². The molecule has 1 aliphatic carbocycles. The molecule has 3 heteroatoms. The van der Waals surface area contributed by atoms with Gasteiger partial charge in [-0.25, -0.2) is 0 Å². The van der Waals surface area contributed by atoms with Crippen molar-refractivity contribution in [2.45, 2.75) is 45.7 Å². The lowest BCUT2D eigenvalue weighted by atomic mass is 9.77. The molecular formula is C10H19Cl2P. The summed E-state index contributed by atoms with van der Waals surface area (Å²) in [6.45, 7) is 6.13. The van der Waals surface area contributed by atoms with E-state index in [4.69, 9.17) is 22.5 Å². The Kier molecular flexibility index (Phi) is 4.83. The van der Waals surface area contributed by atoms with Crippen molar-refractivity contribution in [3.05, 3.63) is 0 Å². The van der Waals surface area contributed by atoms with Crippen LogP contribution in [0.5, 0.6) is 0 Å². The van der Waals surface area contributed by atoms with Gasteiger partial charge in [0.2, 0.25) is 0 Å². The molecule has 0 aliphatic heterocycles. The minimum Gasteiger partial charge on any atom is -0.0778 e. The van der Waals surface area contributed by atoms with E-state index in [-0.39, 0.29) is 0 Å². The second-order valence-corrected chi connectivity index (χ2v) is 8.54. The van der Waals surface area contributed by atoms with Crippen molar-refractivity contribution in [1.82, 2.24) is 0 Å². The fraction of sp³-hybridized carbons (Fsp3) is 1.00. The summed E-state index contributed by atoms with van der Waals surface area (Å²) in [5, 5.41) is 0. The van der Waals surface area contributed by atoms with Gasteiger partial charge in [0, 0.05) is 5.66 Å². The predicted molar refractivity (Wildman–Crippen MR) is 63.8 cm³/mol. The van der Waals surface area contributed by atoms with E-state index >= 15 is 0 Å². The minimum absolute atomic E-state index is 0.585. The van der Waals surface area contributed by atoms with Crippen LogP contribution in [0.15, 0.2) is 0 Å². The van der Waals surface area contributed by atoms with E-state index in [2.05, 4.69) is 20.8 Å². The van der Waals surface area contributed by atoms with Gasteiger partial charge in [-0.15, -0.1) is 0 Å². The van der Waals surface area contributed by atoms with Crippen LogP contribution < -0.4 is 0 Å². The quantitative estimate of drug-likeness (QED) is 0.580. The Hall–Kier alpha value is 1.01. The summed E-state index contributed by atoms with van der Waals surface area (Å²) in [6.07, 6.45) is 3.92. The van der Waals surface area contributed by atoms with Crippen LogP contribution in [0.3, 0.4) is 0 Å². The molecule has 0 radical (unpaired) electrons. The van der Waals surface area contributed by atoms with Crippen LogP contribution >= 0.6 is 29.1 Å². The first-order valence-electron chi connectivity index (χ1n) is 5.13. The Morgan fingerprint density at radius 3 is 2.31 bits per heavy atom. The van der Waals surface area contributed by atoms with Gasteiger partial charge < -0.3 is 0 Å². The summed E-state index contributed by atoms with van der Waals surface area (Å²) in [4.78, 5) is 0. The zero-order valence-electron chi connectivity index (χ0n) is 8.63. The Labute approximate surface area is 92.7 Å². The first kappa shape index (κ1) is 12.1. The molecule has 3 atom stereocenters. The van der Waals surface area contributed by atoms with Crippen molar-refractivity contribution in [1.29, 1.82) is 0 Å². The zero-order valence-corrected chi connectivity index (χ0v) is 11.0. The van der Waals surface area contributed by atoms with Crippen LogP contribution in [0.4, 0.5) is 0 Å². The number of hydrogen-bond donors (Lipinski definition) is 0. The maximum absolute atomic E-state index is 6.09. The van der Waals surface area contributed by atoms with E-state index in [0.717, 1.165) is 17.8 Å². The first-order valence-corrected chi connectivity index (χ1v) is 8.35.